The molecule has 0 aromatic heterocycles. The van der Waals surface area contributed by atoms with Crippen LogP contribution in [0.25, 0.3) is 0 Å². The molecule has 2 rings (SSSR count). The number of halogens is 3. The van der Waals surface area contributed by atoms with E-state index in [1.807, 2.05) is 25.1 Å². The van der Waals surface area contributed by atoms with E-state index in [0.717, 1.165) is 9.26 Å². The van der Waals surface area contributed by atoms with Crippen LogP contribution in [0.2, 0.25) is 5.02 Å². The molecule has 1 unspecified atom stereocenters. The van der Waals surface area contributed by atoms with Crippen molar-refractivity contribution >= 4 is 39.9 Å². The topological polar surface area (TPSA) is 21.3 Å². The molecule has 0 aliphatic carbocycles. The number of rotatable bonds is 4. The van der Waals surface area contributed by atoms with Crippen molar-refractivity contribution in [2.24, 2.45) is 0 Å². The van der Waals surface area contributed by atoms with Crippen molar-refractivity contribution in [3.63, 3.8) is 0 Å². The minimum absolute atomic E-state index is 0.157. The summed E-state index contributed by atoms with van der Waals surface area (Å²) < 4.78 is 20.0. The highest BCUT2D eigenvalue weighted by molar-refractivity contribution is 14.1. The van der Waals surface area contributed by atoms with Gasteiger partial charge in [0.1, 0.15) is 11.6 Å². The summed E-state index contributed by atoms with van der Waals surface area (Å²) in [5, 5.41) is 3.97. The van der Waals surface area contributed by atoms with Crippen LogP contribution in [-0.4, -0.2) is 7.11 Å². The van der Waals surface area contributed by atoms with E-state index in [-0.39, 0.29) is 11.9 Å². The van der Waals surface area contributed by atoms with Gasteiger partial charge in [0.2, 0.25) is 0 Å². The van der Waals surface area contributed by atoms with Crippen LogP contribution in [0.4, 0.5) is 10.1 Å². The number of nitrogens with one attached hydrogen (secondary N) is 1. The van der Waals surface area contributed by atoms with E-state index in [2.05, 4.69) is 27.9 Å². The van der Waals surface area contributed by atoms with Gasteiger partial charge in [-0.15, -0.1) is 0 Å². The van der Waals surface area contributed by atoms with Crippen molar-refractivity contribution in [2.45, 2.75) is 13.0 Å². The highest BCUT2D eigenvalue weighted by Gasteiger charge is 2.13. The molecule has 0 bridgehead atoms. The first kappa shape index (κ1) is 15.4. The number of methoxy groups -OCH3 is 1. The first-order chi connectivity index (χ1) is 9.51. The van der Waals surface area contributed by atoms with E-state index in [4.69, 9.17) is 16.3 Å². The van der Waals surface area contributed by atoms with E-state index in [9.17, 15) is 4.39 Å². The molecule has 1 N–H and O–H groups in total. The maximum atomic E-state index is 14.0. The second-order valence-electron chi connectivity index (χ2n) is 4.38. The Morgan fingerprint density at radius 3 is 2.60 bits per heavy atom. The first-order valence-electron chi connectivity index (χ1n) is 6.06. The molecule has 0 aliphatic rings. The van der Waals surface area contributed by atoms with E-state index in [1.165, 1.54) is 13.2 Å². The van der Waals surface area contributed by atoms with E-state index in [0.29, 0.717) is 16.3 Å². The van der Waals surface area contributed by atoms with E-state index >= 15 is 0 Å². The Morgan fingerprint density at radius 1 is 1.25 bits per heavy atom. The average Bonchev–Trinajstić information content (AvgIpc) is 2.41. The molecule has 0 radical (unpaired) electrons. The van der Waals surface area contributed by atoms with Crippen LogP contribution in [0, 0.1) is 9.39 Å². The molecule has 2 nitrogen and oxygen atoms in total. The smallest absolute Gasteiger partial charge is 0.132 e. The van der Waals surface area contributed by atoms with Crippen LogP contribution >= 0.6 is 34.2 Å². The molecular weight excluding hydrogens is 392 g/mol. The quantitative estimate of drug-likeness (QED) is 0.700. The fraction of sp³-hybridized carbons (Fsp3) is 0.200. The standard InChI is InChI=1S/C15H14ClFINO/c1-9(12-5-4-11(20-2)8-13(12)17)19-15-6-3-10(16)7-14(15)18/h3-9,19H,1-2H3. The maximum Gasteiger partial charge on any atom is 0.132 e. The molecule has 0 amide bonds. The van der Waals surface area contributed by atoms with Crippen molar-refractivity contribution in [1.29, 1.82) is 0 Å². The molecule has 0 fully saturated rings. The minimum atomic E-state index is -0.284. The van der Waals surface area contributed by atoms with Crippen molar-refractivity contribution in [2.75, 3.05) is 12.4 Å². The van der Waals surface area contributed by atoms with Crippen LogP contribution in [0.5, 0.6) is 5.75 Å². The van der Waals surface area contributed by atoms with Crippen molar-refractivity contribution < 1.29 is 9.13 Å². The minimum Gasteiger partial charge on any atom is -0.497 e. The molecule has 2 aromatic rings. The lowest BCUT2D eigenvalue weighted by molar-refractivity contribution is 0.410. The van der Waals surface area contributed by atoms with Gasteiger partial charge in [0.05, 0.1) is 13.2 Å². The number of hydrogen-bond donors (Lipinski definition) is 1. The van der Waals surface area contributed by atoms with Gasteiger partial charge >= 0.3 is 0 Å². The summed E-state index contributed by atoms with van der Waals surface area (Å²) in [6.07, 6.45) is 0. The molecule has 0 saturated heterocycles. The lowest BCUT2D eigenvalue weighted by atomic mass is 10.1. The number of hydrogen-bond acceptors (Lipinski definition) is 2. The molecular formula is C15H14ClFINO. The largest absolute Gasteiger partial charge is 0.497 e. The molecule has 1 atom stereocenters. The molecule has 20 heavy (non-hydrogen) atoms. The van der Waals surface area contributed by atoms with Crippen LogP contribution in [-0.2, 0) is 0 Å². The third-order valence-corrected chi connectivity index (χ3v) is 4.10. The second kappa shape index (κ2) is 6.63. The van der Waals surface area contributed by atoms with Crippen molar-refractivity contribution in [1.82, 2.24) is 0 Å². The van der Waals surface area contributed by atoms with E-state index < -0.39 is 0 Å². The second-order valence-corrected chi connectivity index (χ2v) is 5.98. The lowest BCUT2D eigenvalue weighted by Crippen LogP contribution is -2.09. The van der Waals surface area contributed by atoms with Crippen molar-refractivity contribution in [3.8, 4) is 5.75 Å². The lowest BCUT2D eigenvalue weighted by Gasteiger charge is -2.18. The molecule has 5 heteroatoms. The summed E-state index contributed by atoms with van der Waals surface area (Å²) in [7, 11) is 1.52. The molecule has 106 valence electrons. The van der Waals surface area contributed by atoms with Gasteiger partial charge in [-0.05, 0) is 53.8 Å². The number of ether oxygens (including phenoxy) is 1. The Hall–Kier alpha value is -1.01. The Morgan fingerprint density at radius 2 is 2.00 bits per heavy atom. The normalized spacial score (nSPS) is 12.1. The molecule has 0 aliphatic heterocycles. The van der Waals surface area contributed by atoms with Gasteiger partial charge in [-0.25, -0.2) is 4.39 Å². The summed E-state index contributed by atoms with van der Waals surface area (Å²) in [5.74, 6) is 0.229. The van der Waals surface area contributed by atoms with Gasteiger partial charge in [0, 0.05) is 25.9 Å². The van der Waals surface area contributed by atoms with Gasteiger partial charge in [0.25, 0.3) is 0 Å². The number of benzene rings is 2. The summed E-state index contributed by atoms with van der Waals surface area (Å²) >= 11 is 8.12. The number of anilines is 1. The van der Waals surface area contributed by atoms with Crippen LogP contribution in [0.3, 0.4) is 0 Å². The monoisotopic (exact) mass is 405 g/mol. The third kappa shape index (κ3) is 3.55. The Kier molecular flexibility index (Phi) is 5.10. The Balaban J connectivity index is 2.21. The summed E-state index contributed by atoms with van der Waals surface area (Å²) in [5.41, 5.74) is 1.52. The van der Waals surface area contributed by atoms with Crippen LogP contribution < -0.4 is 10.1 Å². The predicted molar refractivity (Wildman–Crippen MR) is 89.2 cm³/mol. The highest BCUT2D eigenvalue weighted by Crippen LogP contribution is 2.28. The van der Waals surface area contributed by atoms with E-state index in [1.54, 1.807) is 12.1 Å². The van der Waals surface area contributed by atoms with Gasteiger partial charge in [0.15, 0.2) is 0 Å². The fourth-order valence-corrected chi connectivity index (χ4v) is 2.93. The molecule has 0 heterocycles. The molecule has 2 aromatic carbocycles. The van der Waals surface area contributed by atoms with Gasteiger partial charge in [-0.1, -0.05) is 17.7 Å². The van der Waals surface area contributed by atoms with Crippen LogP contribution in [0.1, 0.15) is 18.5 Å². The summed E-state index contributed by atoms with van der Waals surface area (Å²) in [4.78, 5) is 0. The zero-order valence-corrected chi connectivity index (χ0v) is 14.0. The SMILES string of the molecule is COc1ccc(C(C)Nc2ccc(Cl)cc2I)c(F)c1. The zero-order valence-electron chi connectivity index (χ0n) is 11.1. The van der Waals surface area contributed by atoms with Crippen LogP contribution in [0.15, 0.2) is 36.4 Å². The van der Waals surface area contributed by atoms with Gasteiger partial charge in [-0.2, -0.15) is 0 Å². The van der Waals surface area contributed by atoms with Gasteiger partial charge < -0.3 is 10.1 Å². The Labute approximate surface area is 136 Å². The van der Waals surface area contributed by atoms with Crippen molar-refractivity contribution in [3.05, 3.63) is 56.4 Å². The predicted octanol–water partition coefficient (Wildman–Crippen LogP) is 5.27. The molecule has 0 saturated carbocycles. The maximum absolute atomic E-state index is 14.0. The zero-order chi connectivity index (χ0) is 14.7. The molecule has 0 spiro atoms. The summed E-state index contributed by atoms with van der Waals surface area (Å²) in [6, 6.07) is 10.3. The highest BCUT2D eigenvalue weighted by atomic mass is 127. The fourth-order valence-electron chi connectivity index (χ4n) is 1.90. The first-order valence-corrected chi connectivity index (χ1v) is 7.52. The summed E-state index contributed by atoms with van der Waals surface area (Å²) in [6.45, 7) is 1.91. The third-order valence-electron chi connectivity index (χ3n) is 2.98. The average molecular weight is 406 g/mol. The Bertz CT molecular complexity index is 621. The van der Waals surface area contributed by atoms with Gasteiger partial charge in [-0.3, -0.25) is 0 Å².